The summed E-state index contributed by atoms with van der Waals surface area (Å²) in [5.41, 5.74) is 5.19. The molecule has 1 aromatic heterocycles. The minimum atomic E-state index is 1.03. The summed E-state index contributed by atoms with van der Waals surface area (Å²) in [5.74, 6) is 0. The van der Waals surface area contributed by atoms with E-state index in [2.05, 4.69) is 77.8 Å². The Labute approximate surface area is 150 Å². The molecule has 3 aromatic carbocycles. The highest BCUT2D eigenvalue weighted by molar-refractivity contribution is 6.67. The van der Waals surface area contributed by atoms with E-state index in [0.29, 0.717) is 0 Å². The lowest BCUT2D eigenvalue weighted by Crippen LogP contribution is -2.26. The van der Waals surface area contributed by atoms with Gasteiger partial charge in [0.2, 0.25) is 0 Å². The van der Waals surface area contributed by atoms with Gasteiger partial charge >= 0.3 is 0 Å². The van der Waals surface area contributed by atoms with E-state index in [9.17, 15) is 0 Å². The zero-order valence-electron chi connectivity index (χ0n) is 14.1. The fraction of sp³-hybridized carbons (Fsp3) is 0. The summed E-state index contributed by atoms with van der Waals surface area (Å²) in [6.45, 7) is 0. The quantitative estimate of drug-likeness (QED) is 0.523. The molecule has 0 atom stereocenters. The molecule has 1 nitrogen and oxygen atoms in total. The standard InChI is InChI=1S/C12H11B.C11H9N/c1-3-7-11(8-4-1)13-12-9-5-2-6-10-12;1-2-4-10(5-3-1)11-6-8-12-9-7-11/h1-10,13H;1-9H. The second-order valence-corrected chi connectivity index (χ2v) is 5.75. The van der Waals surface area contributed by atoms with Crippen LogP contribution in [0.15, 0.2) is 116 Å². The number of aromatic nitrogens is 1. The maximum absolute atomic E-state index is 3.97. The molecule has 4 rings (SSSR count). The summed E-state index contributed by atoms with van der Waals surface area (Å²) in [6.07, 6.45) is 3.62. The van der Waals surface area contributed by atoms with Crippen molar-refractivity contribution < 1.29 is 0 Å². The zero-order chi connectivity index (χ0) is 17.2. The lowest BCUT2D eigenvalue weighted by molar-refractivity contribution is 1.33. The minimum absolute atomic E-state index is 1.03. The fourth-order valence-corrected chi connectivity index (χ4v) is 2.60. The highest BCUT2D eigenvalue weighted by atomic mass is 14.6. The average Bonchev–Trinajstić information content (AvgIpc) is 2.71. The molecule has 25 heavy (non-hydrogen) atoms. The van der Waals surface area contributed by atoms with Crippen LogP contribution in [0.3, 0.4) is 0 Å². The van der Waals surface area contributed by atoms with Crippen LogP contribution in [-0.2, 0) is 0 Å². The largest absolute Gasteiger partial charge is 0.265 e. The molecule has 0 aliphatic carbocycles. The summed E-state index contributed by atoms with van der Waals surface area (Å²) in [7, 11) is 1.03. The van der Waals surface area contributed by atoms with E-state index in [-0.39, 0.29) is 0 Å². The molecule has 0 saturated heterocycles. The average molecular weight is 321 g/mol. The molecule has 0 fully saturated rings. The first kappa shape index (κ1) is 16.7. The number of pyridine rings is 1. The third-order valence-corrected chi connectivity index (χ3v) is 3.88. The van der Waals surface area contributed by atoms with Gasteiger partial charge in [0, 0.05) is 12.4 Å². The molecule has 0 saturated carbocycles. The van der Waals surface area contributed by atoms with Crippen LogP contribution in [0.2, 0.25) is 0 Å². The van der Waals surface area contributed by atoms with Crippen molar-refractivity contribution in [2.24, 2.45) is 0 Å². The Morgan fingerprint density at radius 1 is 0.440 bits per heavy atom. The molecule has 0 spiro atoms. The Bertz CT molecular complexity index is 772. The van der Waals surface area contributed by atoms with Crippen LogP contribution in [0.1, 0.15) is 0 Å². The molecule has 0 N–H and O–H groups in total. The van der Waals surface area contributed by atoms with Crippen LogP contribution in [-0.4, -0.2) is 12.3 Å². The molecule has 120 valence electrons. The lowest BCUT2D eigenvalue weighted by atomic mass is 9.64. The molecule has 0 amide bonds. The van der Waals surface area contributed by atoms with Crippen LogP contribution < -0.4 is 10.9 Å². The Balaban J connectivity index is 0.000000146. The summed E-state index contributed by atoms with van der Waals surface area (Å²) in [5, 5.41) is 0. The summed E-state index contributed by atoms with van der Waals surface area (Å²) < 4.78 is 0. The van der Waals surface area contributed by atoms with Crippen molar-refractivity contribution in [1.29, 1.82) is 0 Å². The molecule has 0 bridgehead atoms. The molecule has 0 unspecified atom stereocenters. The first-order valence-electron chi connectivity index (χ1n) is 8.45. The molecule has 0 radical (unpaired) electrons. The van der Waals surface area contributed by atoms with Gasteiger partial charge in [-0.25, -0.2) is 0 Å². The van der Waals surface area contributed by atoms with Gasteiger partial charge in [-0.15, -0.1) is 0 Å². The Kier molecular flexibility index (Phi) is 6.18. The van der Waals surface area contributed by atoms with Gasteiger partial charge in [-0.2, -0.15) is 0 Å². The molecular formula is C23H20BN. The maximum Gasteiger partial charge on any atom is 0.192 e. The van der Waals surface area contributed by atoms with Crippen molar-refractivity contribution in [3.8, 4) is 11.1 Å². The molecule has 4 aromatic rings. The number of rotatable bonds is 3. The van der Waals surface area contributed by atoms with E-state index in [1.165, 1.54) is 22.1 Å². The van der Waals surface area contributed by atoms with Crippen LogP contribution in [0, 0.1) is 0 Å². The Hall–Kier alpha value is -3.13. The van der Waals surface area contributed by atoms with Crippen molar-refractivity contribution in [3.63, 3.8) is 0 Å². The number of nitrogens with zero attached hydrogens (tertiary/aromatic N) is 1. The molecule has 1 heterocycles. The van der Waals surface area contributed by atoms with Crippen molar-refractivity contribution in [2.45, 2.75) is 0 Å². The van der Waals surface area contributed by atoms with Gasteiger partial charge in [-0.05, 0) is 23.3 Å². The van der Waals surface area contributed by atoms with Crippen LogP contribution >= 0.6 is 0 Å². The second-order valence-electron chi connectivity index (χ2n) is 5.75. The number of hydrogen-bond acceptors (Lipinski definition) is 1. The normalized spacial score (nSPS) is 9.60. The van der Waals surface area contributed by atoms with E-state index in [1.54, 1.807) is 0 Å². The topological polar surface area (TPSA) is 12.9 Å². The molecule has 2 heteroatoms. The van der Waals surface area contributed by atoms with Gasteiger partial charge in [-0.1, -0.05) is 102 Å². The van der Waals surface area contributed by atoms with E-state index < -0.39 is 0 Å². The van der Waals surface area contributed by atoms with Crippen molar-refractivity contribution >= 4 is 18.2 Å². The molecule has 0 aliphatic rings. The maximum atomic E-state index is 3.97. The van der Waals surface area contributed by atoms with Crippen molar-refractivity contribution in [1.82, 2.24) is 4.98 Å². The highest BCUT2D eigenvalue weighted by Gasteiger charge is 1.95. The zero-order valence-corrected chi connectivity index (χ0v) is 14.1. The summed E-state index contributed by atoms with van der Waals surface area (Å²) in [6, 6.07) is 35.4. The second kappa shape index (κ2) is 9.24. The van der Waals surface area contributed by atoms with Gasteiger partial charge in [0.1, 0.15) is 0 Å². The van der Waals surface area contributed by atoms with Crippen molar-refractivity contribution in [3.05, 3.63) is 116 Å². The monoisotopic (exact) mass is 321 g/mol. The first-order valence-corrected chi connectivity index (χ1v) is 8.45. The van der Waals surface area contributed by atoms with Crippen LogP contribution in [0.25, 0.3) is 11.1 Å². The smallest absolute Gasteiger partial charge is 0.192 e. The lowest BCUT2D eigenvalue weighted by Gasteiger charge is -1.98. The van der Waals surface area contributed by atoms with Gasteiger partial charge in [-0.3, -0.25) is 4.98 Å². The number of hydrogen-bond donors (Lipinski definition) is 0. The van der Waals surface area contributed by atoms with E-state index in [4.69, 9.17) is 0 Å². The Morgan fingerprint density at radius 2 is 0.840 bits per heavy atom. The van der Waals surface area contributed by atoms with E-state index >= 15 is 0 Å². The third kappa shape index (κ3) is 5.47. The SMILES string of the molecule is B(c1ccccc1)c1ccccc1.c1ccc(-c2ccncc2)cc1. The fourth-order valence-electron chi connectivity index (χ4n) is 2.60. The van der Waals surface area contributed by atoms with Gasteiger partial charge in [0.15, 0.2) is 7.28 Å². The predicted octanol–water partition coefficient (Wildman–Crippen LogP) is 3.82. The third-order valence-electron chi connectivity index (χ3n) is 3.88. The van der Waals surface area contributed by atoms with Crippen LogP contribution in [0.4, 0.5) is 0 Å². The van der Waals surface area contributed by atoms with E-state index in [0.717, 1.165) is 7.28 Å². The molecular weight excluding hydrogens is 301 g/mol. The minimum Gasteiger partial charge on any atom is -0.265 e. The van der Waals surface area contributed by atoms with E-state index in [1.807, 2.05) is 42.7 Å². The predicted molar refractivity (Wildman–Crippen MR) is 109 cm³/mol. The van der Waals surface area contributed by atoms with Gasteiger partial charge in [0.05, 0.1) is 0 Å². The van der Waals surface area contributed by atoms with Crippen molar-refractivity contribution in [2.75, 3.05) is 0 Å². The molecule has 0 aliphatic heterocycles. The van der Waals surface area contributed by atoms with Gasteiger partial charge < -0.3 is 0 Å². The highest BCUT2D eigenvalue weighted by Crippen LogP contribution is 2.16. The first-order chi connectivity index (χ1) is 12.4. The Morgan fingerprint density at radius 3 is 1.32 bits per heavy atom. The number of benzene rings is 3. The van der Waals surface area contributed by atoms with Crippen LogP contribution in [0.5, 0.6) is 0 Å². The summed E-state index contributed by atoms with van der Waals surface area (Å²) >= 11 is 0. The summed E-state index contributed by atoms with van der Waals surface area (Å²) in [4.78, 5) is 3.97. The van der Waals surface area contributed by atoms with Gasteiger partial charge in [0.25, 0.3) is 0 Å².